The van der Waals surface area contributed by atoms with E-state index < -0.39 is 5.82 Å². The maximum absolute atomic E-state index is 12.8. The average molecular weight is 239 g/mol. The number of pyridine rings is 1. The zero-order chi connectivity index (χ0) is 11.5. The Labute approximate surface area is 96.6 Å². The molecule has 0 aliphatic rings. The summed E-state index contributed by atoms with van der Waals surface area (Å²) in [5, 5.41) is 0.184. The van der Waals surface area contributed by atoms with Crippen LogP contribution < -0.4 is 10.5 Å². The first-order valence-corrected chi connectivity index (χ1v) is 4.87. The van der Waals surface area contributed by atoms with Gasteiger partial charge in [-0.05, 0) is 24.3 Å². The van der Waals surface area contributed by atoms with Crippen LogP contribution in [0.15, 0.2) is 36.5 Å². The topological polar surface area (TPSA) is 48.1 Å². The molecule has 1 aromatic carbocycles. The molecule has 0 amide bonds. The zero-order valence-electron chi connectivity index (χ0n) is 8.15. The van der Waals surface area contributed by atoms with E-state index in [4.69, 9.17) is 22.1 Å². The molecule has 0 bridgehead atoms. The largest absolute Gasteiger partial charge is 0.437 e. The van der Waals surface area contributed by atoms with Gasteiger partial charge >= 0.3 is 0 Å². The highest BCUT2D eigenvalue weighted by atomic mass is 35.5. The minimum atomic E-state index is -0.419. The third kappa shape index (κ3) is 2.41. The van der Waals surface area contributed by atoms with Crippen molar-refractivity contribution in [1.82, 2.24) is 4.98 Å². The molecule has 0 atom stereocenters. The monoisotopic (exact) mass is 238 g/mol. The van der Waals surface area contributed by atoms with Gasteiger partial charge < -0.3 is 10.5 Å². The number of nitrogens with two attached hydrogens (primary N) is 1. The minimum Gasteiger partial charge on any atom is -0.437 e. The lowest BCUT2D eigenvalue weighted by atomic mass is 10.3. The lowest BCUT2D eigenvalue weighted by molar-refractivity contribution is 0.462. The summed E-state index contributed by atoms with van der Waals surface area (Å²) in [6, 6.07) is 7.05. The standard InChI is InChI=1S/C11H8ClFN2O/c12-9-5-7(13)1-2-10(9)16-11-6-8(14)3-4-15-11/h1-6H,(H2,14,15). The van der Waals surface area contributed by atoms with E-state index in [9.17, 15) is 4.39 Å². The van der Waals surface area contributed by atoms with E-state index in [2.05, 4.69) is 4.98 Å². The molecule has 3 nitrogen and oxygen atoms in total. The highest BCUT2D eigenvalue weighted by Crippen LogP contribution is 2.29. The minimum absolute atomic E-state index is 0.184. The second-order valence-corrected chi connectivity index (χ2v) is 3.51. The van der Waals surface area contributed by atoms with E-state index in [1.54, 1.807) is 12.1 Å². The Kier molecular flexibility index (Phi) is 2.92. The van der Waals surface area contributed by atoms with Crippen molar-refractivity contribution in [2.75, 3.05) is 5.73 Å². The first kappa shape index (κ1) is 10.7. The van der Waals surface area contributed by atoms with Crippen LogP contribution in [0.2, 0.25) is 5.02 Å². The van der Waals surface area contributed by atoms with Gasteiger partial charge in [-0.2, -0.15) is 0 Å². The predicted octanol–water partition coefficient (Wildman–Crippen LogP) is 3.25. The van der Waals surface area contributed by atoms with Gasteiger partial charge in [0.1, 0.15) is 11.6 Å². The number of halogens is 2. The Hall–Kier alpha value is -1.81. The Morgan fingerprint density at radius 1 is 1.25 bits per heavy atom. The molecule has 82 valence electrons. The van der Waals surface area contributed by atoms with Crippen molar-refractivity contribution in [2.45, 2.75) is 0 Å². The number of nitrogen functional groups attached to an aromatic ring is 1. The average Bonchev–Trinajstić information content (AvgIpc) is 2.22. The normalized spacial score (nSPS) is 10.1. The molecule has 2 N–H and O–H groups in total. The number of hydrogen-bond acceptors (Lipinski definition) is 3. The van der Waals surface area contributed by atoms with Gasteiger partial charge in [0.15, 0.2) is 0 Å². The summed E-state index contributed by atoms with van der Waals surface area (Å²) in [5.74, 6) is 0.229. The molecule has 2 aromatic rings. The number of nitrogens with zero attached hydrogens (tertiary/aromatic N) is 1. The maximum atomic E-state index is 12.8. The summed E-state index contributed by atoms with van der Waals surface area (Å²) in [7, 11) is 0. The van der Waals surface area contributed by atoms with Crippen LogP contribution in [0.25, 0.3) is 0 Å². The highest BCUT2D eigenvalue weighted by Gasteiger charge is 2.05. The molecule has 0 saturated heterocycles. The Morgan fingerprint density at radius 3 is 2.75 bits per heavy atom. The van der Waals surface area contributed by atoms with E-state index in [1.807, 2.05) is 0 Å². The molecule has 0 saturated carbocycles. The highest BCUT2D eigenvalue weighted by molar-refractivity contribution is 6.32. The third-order valence-electron chi connectivity index (χ3n) is 1.87. The van der Waals surface area contributed by atoms with Gasteiger partial charge in [0, 0.05) is 18.0 Å². The third-order valence-corrected chi connectivity index (χ3v) is 2.16. The van der Waals surface area contributed by atoms with Crippen molar-refractivity contribution >= 4 is 17.3 Å². The fraction of sp³-hybridized carbons (Fsp3) is 0. The SMILES string of the molecule is Nc1ccnc(Oc2ccc(F)cc2Cl)c1. The van der Waals surface area contributed by atoms with Crippen LogP contribution in [0.4, 0.5) is 10.1 Å². The van der Waals surface area contributed by atoms with Crippen molar-refractivity contribution in [3.05, 3.63) is 47.4 Å². The van der Waals surface area contributed by atoms with Gasteiger partial charge in [-0.15, -0.1) is 0 Å². The Bertz CT molecular complexity index is 519. The van der Waals surface area contributed by atoms with Crippen molar-refractivity contribution in [3.8, 4) is 11.6 Å². The summed E-state index contributed by atoms with van der Waals surface area (Å²) in [6.07, 6.45) is 1.52. The Morgan fingerprint density at radius 2 is 2.06 bits per heavy atom. The second kappa shape index (κ2) is 4.37. The number of benzene rings is 1. The van der Waals surface area contributed by atoms with E-state index in [0.717, 1.165) is 0 Å². The smallest absolute Gasteiger partial charge is 0.221 e. The van der Waals surface area contributed by atoms with Gasteiger partial charge in [-0.1, -0.05) is 11.6 Å². The zero-order valence-corrected chi connectivity index (χ0v) is 8.91. The van der Waals surface area contributed by atoms with Crippen LogP contribution in [-0.2, 0) is 0 Å². The quantitative estimate of drug-likeness (QED) is 0.874. The van der Waals surface area contributed by atoms with Gasteiger partial charge in [-0.25, -0.2) is 9.37 Å². The van der Waals surface area contributed by atoms with E-state index >= 15 is 0 Å². The van der Waals surface area contributed by atoms with Gasteiger partial charge in [-0.3, -0.25) is 0 Å². The fourth-order valence-corrected chi connectivity index (χ4v) is 1.36. The number of rotatable bonds is 2. The first-order valence-electron chi connectivity index (χ1n) is 4.49. The molecule has 0 radical (unpaired) electrons. The molecule has 1 aromatic heterocycles. The maximum Gasteiger partial charge on any atom is 0.221 e. The molecule has 1 heterocycles. The van der Waals surface area contributed by atoms with Crippen LogP contribution in [0.5, 0.6) is 11.6 Å². The predicted molar refractivity (Wildman–Crippen MR) is 60.1 cm³/mol. The summed E-state index contributed by atoms with van der Waals surface area (Å²) >= 11 is 5.80. The van der Waals surface area contributed by atoms with Crippen LogP contribution in [0.3, 0.4) is 0 Å². The lowest BCUT2D eigenvalue weighted by Crippen LogP contribution is -1.91. The summed E-state index contributed by atoms with van der Waals surface area (Å²) < 4.78 is 18.1. The molecule has 0 aliphatic heterocycles. The molecule has 2 rings (SSSR count). The van der Waals surface area contributed by atoms with Gasteiger partial charge in [0.05, 0.1) is 5.02 Å². The summed E-state index contributed by atoms with van der Waals surface area (Å²) in [4.78, 5) is 3.94. The summed E-state index contributed by atoms with van der Waals surface area (Å²) in [5.41, 5.74) is 6.09. The molecule has 0 spiro atoms. The number of ether oxygens (including phenoxy) is 1. The number of anilines is 1. The van der Waals surface area contributed by atoms with Crippen LogP contribution >= 0.6 is 11.6 Å². The van der Waals surface area contributed by atoms with Crippen molar-refractivity contribution in [3.63, 3.8) is 0 Å². The van der Waals surface area contributed by atoms with Crippen LogP contribution in [0.1, 0.15) is 0 Å². The van der Waals surface area contributed by atoms with E-state index in [-0.39, 0.29) is 5.02 Å². The number of hydrogen-bond donors (Lipinski definition) is 1. The molecule has 0 unspecified atom stereocenters. The van der Waals surface area contributed by atoms with Gasteiger partial charge in [0.25, 0.3) is 0 Å². The van der Waals surface area contributed by atoms with Crippen LogP contribution in [0, 0.1) is 5.82 Å². The Balaban J connectivity index is 2.27. The van der Waals surface area contributed by atoms with Gasteiger partial charge in [0.2, 0.25) is 5.88 Å². The molecule has 5 heteroatoms. The van der Waals surface area contributed by atoms with Crippen LogP contribution in [-0.4, -0.2) is 4.98 Å². The molecule has 0 aliphatic carbocycles. The lowest BCUT2D eigenvalue weighted by Gasteiger charge is -2.06. The molecular formula is C11H8ClFN2O. The van der Waals surface area contributed by atoms with Crippen molar-refractivity contribution in [1.29, 1.82) is 0 Å². The molecule has 0 fully saturated rings. The number of aromatic nitrogens is 1. The first-order chi connectivity index (χ1) is 7.65. The van der Waals surface area contributed by atoms with E-state index in [0.29, 0.717) is 17.3 Å². The van der Waals surface area contributed by atoms with E-state index in [1.165, 1.54) is 24.4 Å². The van der Waals surface area contributed by atoms with Crippen molar-refractivity contribution in [2.24, 2.45) is 0 Å². The summed E-state index contributed by atoms with van der Waals surface area (Å²) in [6.45, 7) is 0. The molecule has 16 heavy (non-hydrogen) atoms. The fourth-order valence-electron chi connectivity index (χ4n) is 1.15. The van der Waals surface area contributed by atoms with Crippen molar-refractivity contribution < 1.29 is 9.13 Å². The second-order valence-electron chi connectivity index (χ2n) is 3.10. The molecular weight excluding hydrogens is 231 g/mol.